The number of rotatable bonds is 9. The molecule has 0 aromatic heterocycles. The standard InChI is InChI=1S/C16H22ClF2N3O3/c1-4-22(5-2)15(24)10-21(3)9-14(23)20-11-6-7-13(12(17)8-11)25-16(18)19/h6-8,16H,4-5,9-10H2,1-3H3,(H,20,23). The number of hydrogen-bond donors (Lipinski definition) is 1. The molecule has 9 heteroatoms. The molecule has 0 unspecified atom stereocenters. The predicted octanol–water partition coefficient (Wildman–Crippen LogP) is 2.68. The van der Waals surface area contributed by atoms with Gasteiger partial charge in [0.1, 0.15) is 5.75 Å². The Morgan fingerprint density at radius 3 is 2.40 bits per heavy atom. The molecule has 1 N–H and O–H groups in total. The van der Waals surface area contributed by atoms with Gasteiger partial charge >= 0.3 is 6.61 Å². The molecule has 1 rings (SSSR count). The number of amides is 2. The highest BCUT2D eigenvalue weighted by molar-refractivity contribution is 6.32. The lowest BCUT2D eigenvalue weighted by molar-refractivity contribution is -0.132. The van der Waals surface area contributed by atoms with Crippen LogP contribution in [0, 0.1) is 0 Å². The minimum Gasteiger partial charge on any atom is -0.433 e. The summed E-state index contributed by atoms with van der Waals surface area (Å²) in [5.74, 6) is -0.582. The number of likely N-dealkylation sites (N-methyl/N-ethyl adjacent to an activating group) is 2. The van der Waals surface area contributed by atoms with Crippen molar-refractivity contribution in [2.24, 2.45) is 0 Å². The summed E-state index contributed by atoms with van der Waals surface area (Å²) in [6, 6.07) is 3.97. The topological polar surface area (TPSA) is 61.9 Å². The van der Waals surface area contributed by atoms with Crippen LogP contribution in [0.15, 0.2) is 18.2 Å². The fourth-order valence-corrected chi connectivity index (χ4v) is 2.40. The van der Waals surface area contributed by atoms with Gasteiger partial charge in [-0.2, -0.15) is 8.78 Å². The molecule has 0 radical (unpaired) electrons. The summed E-state index contributed by atoms with van der Waals surface area (Å²) in [5.41, 5.74) is 0.347. The number of nitrogens with zero attached hydrogens (tertiary/aromatic N) is 2. The van der Waals surface area contributed by atoms with E-state index in [2.05, 4.69) is 10.1 Å². The van der Waals surface area contributed by atoms with Crippen molar-refractivity contribution in [2.45, 2.75) is 20.5 Å². The second kappa shape index (κ2) is 10.1. The highest BCUT2D eigenvalue weighted by Crippen LogP contribution is 2.28. The van der Waals surface area contributed by atoms with Crippen LogP contribution in [-0.2, 0) is 9.59 Å². The average Bonchev–Trinajstić information content (AvgIpc) is 2.50. The Kier molecular flexibility index (Phi) is 8.57. The van der Waals surface area contributed by atoms with Gasteiger partial charge in [0.2, 0.25) is 11.8 Å². The molecule has 0 fully saturated rings. The van der Waals surface area contributed by atoms with Gasteiger partial charge in [0, 0.05) is 18.8 Å². The average molecular weight is 378 g/mol. The number of carbonyl (C=O) groups excluding carboxylic acids is 2. The highest BCUT2D eigenvalue weighted by Gasteiger charge is 2.15. The summed E-state index contributed by atoms with van der Waals surface area (Å²) in [5, 5.41) is 2.55. The summed E-state index contributed by atoms with van der Waals surface area (Å²) in [7, 11) is 1.66. The van der Waals surface area contributed by atoms with Gasteiger partial charge in [-0.3, -0.25) is 14.5 Å². The first-order valence-corrected chi connectivity index (χ1v) is 8.15. The van der Waals surface area contributed by atoms with Gasteiger partial charge in [-0.05, 0) is 39.1 Å². The Balaban J connectivity index is 2.56. The summed E-state index contributed by atoms with van der Waals surface area (Å²) in [6.07, 6.45) is 0. The van der Waals surface area contributed by atoms with Crippen LogP contribution in [0.25, 0.3) is 0 Å². The maximum Gasteiger partial charge on any atom is 0.387 e. The molecular formula is C16H22ClF2N3O3. The van der Waals surface area contributed by atoms with E-state index >= 15 is 0 Å². The molecule has 0 aliphatic carbocycles. The summed E-state index contributed by atoms with van der Waals surface area (Å²) >= 11 is 5.83. The van der Waals surface area contributed by atoms with Gasteiger partial charge in [-0.1, -0.05) is 11.6 Å². The number of alkyl halides is 2. The number of benzene rings is 1. The van der Waals surface area contributed by atoms with Crippen molar-refractivity contribution in [3.05, 3.63) is 23.2 Å². The first-order chi connectivity index (χ1) is 11.8. The highest BCUT2D eigenvalue weighted by atomic mass is 35.5. The molecule has 0 aliphatic heterocycles. The Labute approximate surface area is 150 Å². The van der Waals surface area contributed by atoms with Crippen molar-refractivity contribution >= 4 is 29.1 Å². The second-order valence-corrected chi connectivity index (χ2v) is 5.72. The molecule has 0 aliphatic rings. The third kappa shape index (κ3) is 7.23. The molecule has 140 valence electrons. The minimum atomic E-state index is -2.98. The lowest BCUT2D eigenvalue weighted by Crippen LogP contribution is -2.41. The number of halogens is 3. The Hall–Kier alpha value is -1.93. The van der Waals surface area contributed by atoms with Gasteiger partial charge in [-0.15, -0.1) is 0 Å². The minimum absolute atomic E-state index is 0.0000862. The van der Waals surface area contributed by atoms with Crippen molar-refractivity contribution < 1.29 is 23.1 Å². The monoisotopic (exact) mass is 377 g/mol. The van der Waals surface area contributed by atoms with Crippen molar-refractivity contribution in [3.63, 3.8) is 0 Å². The SMILES string of the molecule is CCN(CC)C(=O)CN(C)CC(=O)Nc1ccc(OC(F)F)c(Cl)c1. The number of anilines is 1. The fraction of sp³-hybridized carbons (Fsp3) is 0.500. The number of carbonyl (C=O) groups is 2. The molecule has 1 aromatic rings. The predicted molar refractivity (Wildman–Crippen MR) is 92.1 cm³/mol. The third-order valence-electron chi connectivity index (χ3n) is 3.37. The van der Waals surface area contributed by atoms with Crippen LogP contribution in [0.5, 0.6) is 5.75 Å². The zero-order chi connectivity index (χ0) is 19.0. The Morgan fingerprint density at radius 1 is 1.24 bits per heavy atom. The molecule has 0 heterocycles. The van der Waals surface area contributed by atoms with Gasteiger partial charge in [0.25, 0.3) is 0 Å². The molecule has 0 saturated heterocycles. The zero-order valence-corrected chi connectivity index (χ0v) is 15.1. The number of hydrogen-bond acceptors (Lipinski definition) is 4. The lowest BCUT2D eigenvalue weighted by atomic mass is 10.3. The first-order valence-electron chi connectivity index (χ1n) is 7.77. The van der Waals surface area contributed by atoms with E-state index in [1.54, 1.807) is 16.8 Å². The molecule has 0 bridgehead atoms. The first kappa shape index (κ1) is 21.1. The van der Waals surface area contributed by atoms with Crippen molar-refractivity contribution in [1.82, 2.24) is 9.80 Å². The molecule has 0 atom stereocenters. The van der Waals surface area contributed by atoms with Crippen LogP contribution in [0.3, 0.4) is 0 Å². The lowest BCUT2D eigenvalue weighted by Gasteiger charge is -2.22. The van der Waals surface area contributed by atoms with E-state index in [1.165, 1.54) is 18.2 Å². The fourth-order valence-electron chi connectivity index (χ4n) is 2.18. The van der Waals surface area contributed by atoms with Crippen molar-refractivity contribution in [1.29, 1.82) is 0 Å². The normalized spacial score (nSPS) is 10.9. The molecule has 25 heavy (non-hydrogen) atoms. The van der Waals surface area contributed by atoms with E-state index in [0.717, 1.165) is 0 Å². The zero-order valence-electron chi connectivity index (χ0n) is 14.4. The van der Waals surface area contributed by atoms with Crippen LogP contribution in [0.2, 0.25) is 5.02 Å². The van der Waals surface area contributed by atoms with E-state index in [0.29, 0.717) is 18.8 Å². The Bertz CT molecular complexity index is 598. The molecule has 1 aromatic carbocycles. The quantitative estimate of drug-likeness (QED) is 0.718. The van der Waals surface area contributed by atoms with Crippen LogP contribution in [0.4, 0.5) is 14.5 Å². The maximum absolute atomic E-state index is 12.2. The summed E-state index contributed by atoms with van der Waals surface area (Å²) < 4.78 is 28.6. The van der Waals surface area contributed by atoms with Gasteiger partial charge in [0.15, 0.2) is 0 Å². The second-order valence-electron chi connectivity index (χ2n) is 5.31. The van der Waals surface area contributed by atoms with Crippen LogP contribution >= 0.6 is 11.6 Å². The summed E-state index contributed by atoms with van der Waals surface area (Å²) in [6.45, 7) is 2.15. The molecule has 2 amide bonds. The van der Waals surface area contributed by atoms with Crippen LogP contribution in [-0.4, -0.2) is 61.5 Å². The Morgan fingerprint density at radius 2 is 1.88 bits per heavy atom. The molecule has 0 saturated carbocycles. The van der Waals surface area contributed by atoms with Crippen LogP contribution in [0.1, 0.15) is 13.8 Å². The van der Waals surface area contributed by atoms with E-state index in [9.17, 15) is 18.4 Å². The smallest absolute Gasteiger partial charge is 0.387 e. The third-order valence-corrected chi connectivity index (χ3v) is 3.66. The molecule has 6 nitrogen and oxygen atoms in total. The molecular weight excluding hydrogens is 356 g/mol. The van der Waals surface area contributed by atoms with Crippen molar-refractivity contribution in [3.8, 4) is 5.75 Å². The van der Waals surface area contributed by atoms with Crippen molar-refractivity contribution in [2.75, 3.05) is 38.5 Å². The number of nitrogens with one attached hydrogen (secondary N) is 1. The molecule has 0 spiro atoms. The van der Waals surface area contributed by atoms with E-state index < -0.39 is 6.61 Å². The van der Waals surface area contributed by atoms with Gasteiger partial charge in [-0.25, -0.2) is 0 Å². The summed E-state index contributed by atoms with van der Waals surface area (Å²) in [4.78, 5) is 27.3. The van der Waals surface area contributed by atoms with E-state index in [-0.39, 0.29) is 35.7 Å². The maximum atomic E-state index is 12.2. The van der Waals surface area contributed by atoms with Gasteiger partial charge < -0.3 is 15.0 Å². The van der Waals surface area contributed by atoms with Gasteiger partial charge in [0.05, 0.1) is 18.1 Å². The number of ether oxygens (including phenoxy) is 1. The van der Waals surface area contributed by atoms with Crippen LogP contribution < -0.4 is 10.1 Å². The largest absolute Gasteiger partial charge is 0.433 e. The van der Waals surface area contributed by atoms with E-state index in [1.807, 2.05) is 13.8 Å². The van der Waals surface area contributed by atoms with E-state index in [4.69, 9.17) is 11.6 Å².